The molecular formula is C9H11F7O2. The Kier molecular flexibility index (Phi) is 4.47. The van der Waals surface area contributed by atoms with E-state index in [1.165, 1.54) is 0 Å². The van der Waals surface area contributed by atoms with E-state index >= 15 is 0 Å². The molecule has 1 unspecified atom stereocenters. The summed E-state index contributed by atoms with van der Waals surface area (Å²) in [6, 6.07) is 0. The summed E-state index contributed by atoms with van der Waals surface area (Å²) in [6.07, 6.45) is -14.1. The molecule has 1 aliphatic rings. The van der Waals surface area contributed by atoms with Crippen LogP contribution in [0, 0.1) is 5.92 Å². The lowest BCUT2D eigenvalue weighted by atomic mass is 9.98. The van der Waals surface area contributed by atoms with Gasteiger partial charge in [0.1, 0.15) is 0 Å². The maximum Gasteiger partial charge on any atom is 0.388 e. The average molecular weight is 284 g/mol. The van der Waals surface area contributed by atoms with Crippen molar-refractivity contribution in [1.82, 2.24) is 0 Å². The normalized spacial score (nSPS) is 23.8. The van der Waals surface area contributed by atoms with Gasteiger partial charge in [0.2, 0.25) is 0 Å². The van der Waals surface area contributed by atoms with Gasteiger partial charge in [-0.25, -0.2) is 4.39 Å². The van der Waals surface area contributed by atoms with E-state index in [1.54, 1.807) is 0 Å². The van der Waals surface area contributed by atoms with Crippen molar-refractivity contribution in [3.63, 3.8) is 0 Å². The Morgan fingerprint density at radius 1 is 1.17 bits per heavy atom. The molecule has 9 heteroatoms. The van der Waals surface area contributed by atoms with Crippen LogP contribution in [0.4, 0.5) is 30.7 Å². The lowest BCUT2D eigenvalue weighted by Gasteiger charge is -2.36. The zero-order valence-corrected chi connectivity index (χ0v) is 9.08. The van der Waals surface area contributed by atoms with E-state index in [0.717, 1.165) is 0 Å². The third kappa shape index (κ3) is 4.27. The average Bonchev–Trinajstić information content (AvgIpc) is 2.21. The first-order valence-corrected chi connectivity index (χ1v) is 5.11. The third-order valence-electron chi connectivity index (χ3n) is 2.43. The van der Waals surface area contributed by atoms with E-state index < -0.39 is 43.8 Å². The monoisotopic (exact) mass is 284 g/mol. The Hall–Kier alpha value is -0.570. The molecule has 0 aromatic rings. The highest BCUT2D eigenvalue weighted by Gasteiger charge is 2.50. The van der Waals surface area contributed by atoms with Crippen LogP contribution in [0.1, 0.15) is 19.3 Å². The Labute approximate surface area is 98.0 Å². The van der Waals surface area contributed by atoms with E-state index in [1.807, 2.05) is 0 Å². The van der Waals surface area contributed by atoms with E-state index in [2.05, 4.69) is 9.47 Å². The highest BCUT2D eigenvalue weighted by Crippen LogP contribution is 2.40. The van der Waals surface area contributed by atoms with Crippen molar-refractivity contribution < 1.29 is 40.2 Å². The van der Waals surface area contributed by atoms with E-state index in [9.17, 15) is 30.7 Å². The topological polar surface area (TPSA) is 18.5 Å². The summed E-state index contributed by atoms with van der Waals surface area (Å²) in [6.45, 7) is -2.64. The molecule has 0 radical (unpaired) electrons. The number of rotatable bonds is 7. The van der Waals surface area contributed by atoms with Crippen molar-refractivity contribution in [2.45, 2.75) is 37.6 Å². The van der Waals surface area contributed by atoms with Crippen LogP contribution in [-0.2, 0) is 9.47 Å². The predicted molar refractivity (Wildman–Crippen MR) is 45.2 cm³/mol. The fourth-order valence-electron chi connectivity index (χ4n) is 1.43. The molecule has 1 rings (SSSR count). The van der Waals surface area contributed by atoms with Crippen LogP contribution in [0.25, 0.3) is 0 Å². The van der Waals surface area contributed by atoms with Crippen molar-refractivity contribution in [3.8, 4) is 0 Å². The lowest BCUT2D eigenvalue weighted by molar-refractivity contribution is -0.382. The smallest absolute Gasteiger partial charge is 0.320 e. The van der Waals surface area contributed by atoms with E-state index in [4.69, 9.17) is 0 Å². The molecule has 2 nitrogen and oxygen atoms in total. The molecule has 0 spiro atoms. The molecule has 18 heavy (non-hydrogen) atoms. The van der Waals surface area contributed by atoms with Gasteiger partial charge < -0.3 is 4.74 Å². The van der Waals surface area contributed by atoms with Crippen molar-refractivity contribution >= 4 is 0 Å². The molecule has 1 fully saturated rings. The molecule has 0 aromatic heterocycles. The van der Waals surface area contributed by atoms with Gasteiger partial charge in [-0.2, -0.15) is 26.3 Å². The van der Waals surface area contributed by atoms with Gasteiger partial charge in [-0.15, -0.1) is 0 Å². The Morgan fingerprint density at radius 2 is 1.78 bits per heavy atom. The molecule has 1 heterocycles. The lowest BCUT2D eigenvalue weighted by Crippen LogP contribution is -2.46. The van der Waals surface area contributed by atoms with Crippen LogP contribution in [0.3, 0.4) is 0 Å². The Morgan fingerprint density at radius 3 is 2.17 bits per heavy atom. The summed E-state index contributed by atoms with van der Waals surface area (Å²) in [5.41, 5.74) is 0. The second kappa shape index (κ2) is 5.20. The van der Waals surface area contributed by atoms with Gasteiger partial charge in [-0.1, -0.05) is 0 Å². The summed E-state index contributed by atoms with van der Waals surface area (Å²) >= 11 is 0. The molecule has 108 valence electrons. The Balaban J connectivity index is 2.29. The molecule has 0 bridgehead atoms. The van der Waals surface area contributed by atoms with Crippen molar-refractivity contribution in [2.75, 3.05) is 13.3 Å². The molecule has 0 aliphatic carbocycles. The molecule has 1 aliphatic heterocycles. The zero-order valence-electron chi connectivity index (χ0n) is 9.08. The SMILES string of the molecule is FCC(F)(F)OC(F)(F)CCCC1COC1(F)F. The second-order valence-corrected chi connectivity index (χ2v) is 3.97. The molecule has 1 saturated heterocycles. The summed E-state index contributed by atoms with van der Waals surface area (Å²) in [7, 11) is 0. The summed E-state index contributed by atoms with van der Waals surface area (Å²) < 4.78 is 93.6. The van der Waals surface area contributed by atoms with Gasteiger partial charge in [-0.05, 0) is 12.8 Å². The number of hydrogen-bond donors (Lipinski definition) is 0. The van der Waals surface area contributed by atoms with E-state index in [-0.39, 0.29) is 13.0 Å². The molecule has 1 atom stereocenters. The first-order chi connectivity index (χ1) is 8.08. The summed E-state index contributed by atoms with van der Waals surface area (Å²) in [5.74, 6) is -1.20. The van der Waals surface area contributed by atoms with Gasteiger partial charge in [0.25, 0.3) is 0 Å². The Bertz CT molecular complexity index is 282. The largest absolute Gasteiger partial charge is 0.388 e. The fraction of sp³-hybridized carbons (Fsp3) is 1.00. The number of ether oxygens (including phenoxy) is 2. The molecule has 0 aromatic carbocycles. The first-order valence-electron chi connectivity index (χ1n) is 5.11. The molecule has 0 saturated carbocycles. The van der Waals surface area contributed by atoms with Gasteiger partial charge in [0.15, 0.2) is 6.67 Å². The standard InChI is InChI=1S/C9H11F7O2/c10-5-8(13,14)18-7(11,12)3-1-2-6-4-17-9(6,15)16/h6H,1-5H2. The van der Waals surface area contributed by atoms with E-state index in [0.29, 0.717) is 0 Å². The van der Waals surface area contributed by atoms with Crippen LogP contribution < -0.4 is 0 Å². The molecule has 0 N–H and O–H groups in total. The highest BCUT2D eigenvalue weighted by molar-refractivity contribution is 4.77. The first kappa shape index (κ1) is 15.5. The van der Waals surface area contributed by atoms with Crippen LogP contribution >= 0.6 is 0 Å². The predicted octanol–water partition coefficient (Wildman–Crippen LogP) is 3.57. The van der Waals surface area contributed by atoms with Gasteiger partial charge in [0.05, 0.1) is 12.5 Å². The quantitative estimate of drug-likeness (QED) is 0.665. The van der Waals surface area contributed by atoms with Crippen molar-refractivity contribution in [1.29, 1.82) is 0 Å². The van der Waals surface area contributed by atoms with Crippen molar-refractivity contribution in [2.24, 2.45) is 5.92 Å². The third-order valence-corrected chi connectivity index (χ3v) is 2.43. The minimum absolute atomic E-state index is 0.264. The second-order valence-electron chi connectivity index (χ2n) is 3.97. The van der Waals surface area contributed by atoms with Crippen LogP contribution in [0.15, 0.2) is 0 Å². The highest BCUT2D eigenvalue weighted by atomic mass is 19.3. The number of alkyl halides is 7. The van der Waals surface area contributed by atoms with Gasteiger partial charge in [-0.3, -0.25) is 4.74 Å². The minimum Gasteiger partial charge on any atom is -0.320 e. The summed E-state index contributed by atoms with van der Waals surface area (Å²) in [5, 5.41) is 0. The minimum atomic E-state index is -4.58. The number of halogens is 7. The van der Waals surface area contributed by atoms with Gasteiger partial charge >= 0.3 is 18.3 Å². The maximum atomic E-state index is 12.8. The summed E-state index contributed by atoms with van der Waals surface area (Å²) in [4.78, 5) is 0. The number of hydrogen-bond acceptors (Lipinski definition) is 2. The molecular weight excluding hydrogens is 273 g/mol. The fourth-order valence-corrected chi connectivity index (χ4v) is 1.43. The van der Waals surface area contributed by atoms with Crippen LogP contribution in [-0.4, -0.2) is 31.6 Å². The van der Waals surface area contributed by atoms with Gasteiger partial charge in [0, 0.05) is 6.42 Å². The van der Waals surface area contributed by atoms with Crippen molar-refractivity contribution in [3.05, 3.63) is 0 Å². The maximum absolute atomic E-state index is 12.8. The van der Waals surface area contributed by atoms with Crippen LogP contribution in [0.2, 0.25) is 0 Å². The van der Waals surface area contributed by atoms with Crippen LogP contribution in [0.5, 0.6) is 0 Å². The zero-order chi connectivity index (χ0) is 14.0. The molecule has 0 amide bonds.